The Morgan fingerprint density at radius 1 is 1.04 bits per heavy atom. The SMILES string of the molecule is Cc1ccc(SCC(=O)Nc2ccc3c(c2)C(=O)N(CC(C)C)C3=O)cc1. The van der Waals surface area contributed by atoms with E-state index in [-0.39, 0.29) is 29.4 Å². The maximum Gasteiger partial charge on any atom is 0.261 e. The predicted molar refractivity (Wildman–Crippen MR) is 107 cm³/mol. The van der Waals surface area contributed by atoms with E-state index in [4.69, 9.17) is 0 Å². The van der Waals surface area contributed by atoms with Crippen LogP contribution in [-0.4, -0.2) is 34.9 Å². The van der Waals surface area contributed by atoms with E-state index < -0.39 is 0 Å². The summed E-state index contributed by atoms with van der Waals surface area (Å²) in [4.78, 5) is 39.4. The molecule has 0 saturated heterocycles. The summed E-state index contributed by atoms with van der Waals surface area (Å²) >= 11 is 1.45. The van der Waals surface area contributed by atoms with Crippen LogP contribution in [0.5, 0.6) is 0 Å². The third kappa shape index (κ3) is 4.39. The number of rotatable bonds is 6. The zero-order chi connectivity index (χ0) is 19.6. The van der Waals surface area contributed by atoms with Gasteiger partial charge in [0.2, 0.25) is 5.91 Å². The van der Waals surface area contributed by atoms with Gasteiger partial charge in [-0.05, 0) is 43.2 Å². The minimum atomic E-state index is -0.297. The van der Waals surface area contributed by atoms with Gasteiger partial charge in [-0.3, -0.25) is 19.3 Å². The molecule has 0 fully saturated rings. The number of anilines is 1. The number of carbonyl (C=O) groups is 3. The third-order valence-corrected chi connectivity index (χ3v) is 5.21. The molecular weight excluding hydrogens is 360 g/mol. The summed E-state index contributed by atoms with van der Waals surface area (Å²) in [5, 5.41) is 2.80. The molecule has 0 unspecified atom stereocenters. The normalized spacial score (nSPS) is 13.3. The van der Waals surface area contributed by atoms with E-state index in [1.807, 2.05) is 45.0 Å². The number of hydrogen-bond donors (Lipinski definition) is 1. The van der Waals surface area contributed by atoms with Crippen molar-refractivity contribution in [2.45, 2.75) is 25.7 Å². The van der Waals surface area contributed by atoms with Crippen LogP contribution in [0.4, 0.5) is 5.69 Å². The quantitative estimate of drug-likeness (QED) is 0.606. The maximum absolute atomic E-state index is 12.5. The average molecular weight is 382 g/mol. The summed E-state index contributed by atoms with van der Waals surface area (Å²) in [6.07, 6.45) is 0. The molecule has 3 amide bonds. The number of amides is 3. The number of carbonyl (C=O) groups excluding carboxylic acids is 3. The van der Waals surface area contributed by atoms with Gasteiger partial charge in [0.25, 0.3) is 11.8 Å². The Bertz CT molecular complexity index is 891. The molecule has 0 bridgehead atoms. The summed E-state index contributed by atoms with van der Waals surface area (Å²) < 4.78 is 0. The number of hydrogen-bond acceptors (Lipinski definition) is 4. The minimum Gasteiger partial charge on any atom is -0.325 e. The lowest BCUT2D eigenvalue weighted by Crippen LogP contribution is -2.33. The average Bonchev–Trinajstić information content (AvgIpc) is 2.85. The minimum absolute atomic E-state index is 0.156. The van der Waals surface area contributed by atoms with E-state index in [0.717, 1.165) is 4.90 Å². The van der Waals surface area contributed by atoms with Gasteiger partial charge in [0, 0.05) is 17.1 Å². The first-order valence-electron chi connectivity index (χ1n) is 8.84. The van der Waals surface area contributed by atoms with E-state index in [1.54, 1.807) is 18.2 Å². The van der Waals surface area contributed by atoms with Gasteiger partial charge in [-0.15, -0.1) is 11.8 Å². The molecule has 0 aromatic heterocycles. The molecule has 140 valence electrons. The Morgan fingerprint density at radius 3 is 2.37 bits per heavy atom. The van der Waals surface area contributed by atoms with Crippen molar-refractivity contribution in [2.24, 2.45) is 5.92 Å². The molecule has 0 atom stereocenters. The van der Waals surface area contributed by atoms with E-state index >= 15 is 0 Å². The molecular formula is C21H22N2O3S. The summed E-state index contributed by atoms with van der Waals surface area (Å²) in [5.74, 6) is -0.251. The summed E-state index contributed by atoms with van der Waals surface area (Å²) in [5.41, 5.74) is 2.45. The molecule has 1 N–H and O–H groups in total. The number of fused-ring (bicyclic) bond motifs is 1. The molecule has 0 aliphatic carbocycles. The van der Waals surface area contributed by atoms with Crippen LogP contribution in [0.25, 0.3) is 0 Å². The first kappa shape index (κ1) is 19.2. The Labute approximate surface area is 163 Å². The van der Waals surface area contributed by atoms with Crippen LogP contribution in [0.1, 0.15) is 40.1 Å². The lowest BCUT2D eigenvalue weighted by molar-refractivity contribution is -0.113. The lowest BCUT2D eigenvalue weighted by Gasteiger charge is -2.15. The molecule has 2 aromatic rings. The van der Waals surface area contributed by atoms with E-state index in [9.17, 15) is 14.4 Å². The summed E-state index contributed by atoms with van der Waals surface area (Å²) in [7, 11) is 0. The van der Waals surface area contributed by atoms with Gasteiger partial charge in [0.1, 0.15) is 0 Å². The first-order chi connectivity index (χ1) is 12.8. The van der Waals surface area contributed by atoms with Crippen molar-refractivity contribution in [2.75, 3.05) is 17.6 Å². The Kier molecular flexibility index (Phi) is 5.65. The van der Waals surface area contributed by atoms with Crippen LogP contribution in [0.15, 0.2) is 47.4 Å². The van der Waals surface area contributed by atoms with E-state index in [0.29, 0.717) is 23.4 Å². The van der Waals surface area contributed by atoms with Crippen molar-refractivity contribution in [1.82, 2.24) is 4.90 Å². The van der Waals surface area contributed by atoms with Crippen molar-refractivity contribution in [3.8, 4) is 0 Å². The zero-order valence-corrected chi connectivity index (χ0v) is 16.4. The highest BCUT2D eigenvalue weighted by Gasteiger charge is 2.35. The van der Waals surface area contributed by atoms with E-state index in [1.165, 1.54) is 22.2 Å². The van der Waals surface area contributed by atoms with Crippen LogP contribution < -0.4 is 5.32 Å². The van der Waals surface area contributed by atoms with Crippen LogP contribution in [-0.2, 0) is 4.79 Å². The van der Waals surface area contributed by atoms with Gasteiger partial charge in [0.15, 0.2) is 0 Å². The molecule has 27 heavy (non-hydrogen) atoms. The molecule has 0 spiro atoms. The highest BCUT2D eigenvalue weighted by molar-refractivity contribution is 8.00. The molecule has 0 radical (unpaired) electrons. The standard InChI is InChI=1S/C21H22N2O3S/c1-13(2)11-23-20(25)17-9-6-15(10-18(17)21(23)26)22-19(24)12-27-16-7-4-14(3)5-8-16/h4-10,13H,11-12H2,1-3H3,(H,22,24). The second-order valence-electron chi connectivity index (χ2n) is 7.03. The summed E-state index contributed by atoms with van der Waals surface area (Å²) in [6, 6.07) is 12.8. The fourth-order valence-electron chi connectivity index (χ4n) is 2.88. The fraction of sp³-hybridized carbons (Fsp3) is 0.286. The lowest BCUT2D eigenvalue weighted by atomic mass is 10.1. The van der Waals surface area contributed by atoms with Gasteiger partial charge in [-0.2, -0.15) is 0 Å². The van der Waals surface area contributed by atoms with Crippen LogP contribution in [0, 0.1) is 12.8 Å². The molecule has 1 heterocycles. The maximum atomic E-state index is 12.5. The van der Waals surface area contributed by atoms with Crippen molar-refractivity contribution in [3.63, 3.8) is 0 Å². The first-order valence-corrected chi connectivity index (χ1v) is 9.83. The van der Waals surface area contributed by atoms with Gasteiger partial charge < -0.3 is 5.32 Å². The Hall–Kier alpha value is -2.60. The van der Waals surface area contributed by atoms with E-state index in [2.05, 4.69) is 5.32 Å². The molecule has 6 heteroatoms. The highest BCUT2D eigenvalue weighted by Crippen LogP contribution is 2.27. The van der Waals surface area contributed by atoms with Crippen molar-refractivity contribution < 1.29 is 14.4 Å². The zero-order valence-electron chi connectivity index (χ0n) is 15.6. The predicted octanol–water partition coefficient (Wildman–Crippen LogP) is 3.98. The second kappa shape index (κ2) is 7.96. The molecule has 1 aliphatic rings. The number of imide groups is 1. The Balaban J connectivity index is 1.65. The van der Waals surface area contributed by atoms with Crippen LogP contribution in [0.3, 0.4) is 0 Å². The van der Waals surface area contributed by atoms with Crippen molar-refractivity contribution >= 4 is 35.2 Å². The monoisotopic (exact) mass is 382 g/mol. The number of nitrogens with one attached hydrogen (secondary N) is 1. The van der Waals surface area contributed by atoms with Gasteiger partial charge in [0.05, 0.1) is 16.9 Å². The van der Waals surface area contributed by atoms with Crippen LogP contribution >= 0.6 is 11.8 Å². The molecule has 3 rings (SSSR count). The molecule has 1 aliphatic heterocycles. The van der Waals surface area contributed by atoms with Crippen molar-refractivity contribution in [3.05, 3.63) is 59.2 Å². The molecule has 0 saturated carbocycles. The van der Waals surface area contributed by atoms with Gasteiger partial charge in [-0.1, -0.05) is 31.5 Å². The molecule has 2 aromatic carbocycles. The number of aryl methyl sites for hydroxylation is 1. The van der Waals surface area contributed by atoms with Crippen LogP contribution in [0.2, 0.25) is 0 Å². The number of thioether (sulfide) groups is 1. The number of benzene rings is 2. The molecule has 5 nitrogen and oxygen atoms in total. The largest absolute Gasteiger partial charge is 0.325 e. The summed E-state index contributed by atoms with van der Waals surface area (Å²) in [6.45, 7) is 6.33. The smallest absolute Gasteiger partial charge is 0.261 e. The topological polar surface area (TPSA) is 66.5 Å². The highest BCUT2D eigenvalue weighted by atomic mass is 32.2. The van der Waals surface area contributed by atoms with Gasteiger partial charge >= 0.3 is 0 Å². The second-order valence-corrected chi connectivity index (χ2v) is 8.07. The fourth-order valence-corrected chi connectivity index (χ4v) is 3.58. The third-order valence-electron chi connectivity index (χ3n) is 4.19. The van der Waals surface area contributed by atoms with Crippen molar-refractivity contribution in [1.29, 1.82) is 0 Å². The Morgan fingerprint density at radius 2 is 1.70 bits per heavy atom. The number of nitrogens with zero attached hydrogens (tertiary/aromatic N) is 1. The van der Waals surface area contributed by atoms with Gasteiger partial charge in [-0.25, -0.2) is 0 Å².